The van der Waals surface area contributed by atoms with Gasteiger partial charge in [0.1, 0.15) is 0 Å². The molecule has 0 aliphatic heterocycles. The van der Waals surface area contributed by atoms with Gasteiger partial charge in [-0.05, 0) is 54.7 Å². The Morgan fingerprint density at radius 3 is 2.44 bits per heavy atom. The number of nitrogens with one attached hydrogen (secondary N) is 1. The van der Waals surface area contributed by atoms with Gasteiger partial charge in [0.05, 0.1) is 0 Å². The zero-order valence-electron chi connectivity index (χ0n) is 10.9. The summed E-state index contributed by atoms with van der Waals surface area (Å²) in [5, 5.41) is 6.12. The topological polar surface area (TPSA) is 38.0 Å². The molecule has 2 nitrogen and oxygen atoms in total. The third-order valence-corrected chi connectivity index (χ3v) is 4.17. The van der Waals surface area contributed by atoms with Crippen molar-refractivity contribution in [3.63, 3.8) is 0 Å². The largest absolute Gasteiger partial charge is 0.398 e. The van der Waals surface area contributed by atoms with Gasteiger partial charge in [-0.1, -0.05) is 24.3 Å². The second-order valence-electron chi connectivity index (χ2n) is 5.67. The number of benzene rings is 2. The Bertz CT molecular complexity index is 570. The van der Waals surface area contributed by atoms with Gasteiger partial charge in [0.2, 0.25) is 0 Å². The van der Waals surface area contributed by atoms with Gasteiger partial charge < -0.3 is 11.1 Å². The lowest BCUT2D eigenvalue weighted by atomic mass is 9.78. The zero-order chi connectivity index (χ0) is 12.6. The molecule has 0 spiro atoms. The first kappa shape index (κ1) is 11.5. The van der Waals surface area contributed by atoms with E-state index in [1.165, 1.54) is 35.6 Å². The highest BCUT2D eigenvalue weighted by atomic mass is 15.0. The molecule has 0 saturated heterocycles. The molecule has 18 heavy (non-hydrogen) atoms. The highest BCUT2D eigenvalue weighted by Gasteiger charge is 2.30. The van der Waals surface area contributed by atoms with Gasteiger partial charge in [-0.2, -0.15) is 0 Å². The summed E-state index contributed by atoms with van der Waals surface area (Å²) in [6.07, 6.45) is 3.90. The van der Waals surface area contributed by atoms with Gasteiger partial charge in [-0.15, -0.1) is 0 Å². The van der Waals surface area contributed by atoms with E-state index in [4.69, 9.17) is 5.73 Å². The van der Waals surface area contributed by atoms with E-state index in [0.717, 1.165) is 12.2 Å². The maximum Gasteiger partial charge on any atom is 0.0366 e. The second-order valence-corrected chi connectivity index (χ2v) is 5.67. The van der Waals surface area contributed by atoms with Crippen LogP contribution in [0.25, 0.3) is 10.8 Å². The van der Waals surface area contributed by atoms with Gasteiger partial charge in [-0.25, -0.2) is 0 Å². The van der Waals surface area contributed by atoms with Crippen LogP contribution >= 0.6 is 0 Å². The van der Waals surface area contributed by atoms with Crippen molar-refractivity contribution in [1.82, 2.24) is 5.32 Å². The first-order chi connectivity index (χ1) is 8.66. The average Bonchev–Trinajstić information content (AvgIpc) is 2.34. The highest BCUT2D eigenvalue weighted by molar-refractivity contribution is 5.86. The van der Waals surface area contributed by atoms with E-state index in [2.05, 4.69) is 48.6 Å². The molecule has 94 valence electrons. The molecular formula is C16H20N2. The zero-order valence-corrected chi connectivity index (χ0v) is 10.9. The molecule has 0 aromatic heterocycles. The van der Waals surface area contributed by atoms with Gasteiger partial charge in [0, 0.05) is 17.8 Å². The van der Waals surface area contributed by atoms with Crippen molar-refractivity contribution < 1.29 is 0 Å². The fraction of sp³-hybridized carbons (Fsp3) is 0.375. The summed E-state index contributed by atoms with van der Waals surface area (Å²) in [5.74, 6) is 0. The van der Waals surface area contributed by atoms with Gasteiger partial charge in [0.15, 0.2) is 0 Å². The molecule has 0 heterocycles. The van der Waals surface area contributed by atoms with E-state index in [-0.39, 0.29) is 0 Å². The Hall–Kier alpha value is -1.54. The van der Waals surface area contributed by atoms with Crippen molar-refractivity contribution in [3.05, 3.63) is 42.0 Å². The minimum atomic E-state index is 0.331. The summed E-state index contributed by atoms with van der Waals surface area (Å²) in [5.41, 5.74) is 8.57. The maximum atomic E-state index is 6.14. The quantitative estimate of drug-likeness (QED) is 0.806. The molecule has 1 aliphatic carbocycles. The number of anilines is 1. The van der Waals surface area contributed by atoms with Crippen LogP contribution in [-0.4, -0.2) is 5.54 Å². The minimum Gasteiger partial charge on any atom is -0.398 e. The summed E-state index contributed by atoms with van der Waals surface area (Å²) >= 11 is 0. The second kappa shape index (κ2) is 4.29. The Morgan fingerprint density at radius 1 is 1.17 bits per heavy atom. The molecular weight excluding hydrogens is 220 g/mol. The number of nitrogens with two attached hydrogens (primary N) is 1. The van der Waals surface area contributed by atoms with Crippen LogP contribution in [0, 0.1) is 0 Å². The number of hydrogen-bond acceptors (Lipinski definition) is 2. The number of rotatable bonds is 3. The minimum absolute atomic E-state index is 0.331. The third kappa shape index (κ3) is 2.08. The number of hydrogen-bond donors (Lipinski definition) is 2. The van der Waals surface area contributed by atoms with Gasteiger partial charge in [-0.3, -0.25) is 0 Å². The predicted molar refractivity (Wildman–Crippen MR) is 77.5 cm³/mol. The Labute approximate surface area is 108 Å². The Balaban J connectivity index is 1.84. The summed E-state index contributed by atoms with van der Waals surface area (Å²) in [7, 11) is 0. The molecule has 3 N–H and O–H groups in total. The van der Waals surface area contributed by atoms with Gasteiger partial charge >= 0.3 is 0 Å². The molecule has 3 rings (SSSR count). The normalized spacial score (nSPS) is 17.6. The van der Waals surface area contributed by atoms with E-state index in [9.17, 15) is 0 Å². The molecule has 1 fully saturated rings. The molecule has 1 saturated carbocycles. The van der Waals surface area contributed by atoms with Crippen LogP contribution in [0.2, 0.25) is 0 Å². The first-order valence-electron chi connectivity index (χ1n) is 6.68. The molecule has 0 atom stereocenters. The van der Waals surface area contributed by atoms with E-state index in [1.54, 1.807) is 0 Å². The van der Waals surface area contributed by atoms with E-state index >= 15 is 0 Å². The van der Waals surface area contributed by atoms with Crippen LogP contribution in [0.4, 0.5) is 5.69 Å². The van der Waals surface area contributed by atoms with E-state index < -0.39 is 0 Å². The van der Waals surface area contributed by atoms with Crippen LogP contribution in [0.5, 0.6) is 0 Å². The van der Waals surface area contributed by atoms with Gasteiger partial charge in [0.25, 0.3) is 0 Å². The fourth-order valence-electron chi connectivity index (χ4n) is 2.65. The van der Waals surface area contributed by atoms with Crippen molar-refractivity contribution in [3.8, 4) is 0 Å². The molecule has 0 radical (unpaired) electrons. The molecule has 2 aromatic carbocycles. The van der Waals surface area contributed by atoms with Crippen LogP contribution in [0.3, 0.4) is 0 Å². The SMILES string of the molecule is CC1(NCc2cc3ccccc3cc2N)CCC1. The lowest BCUT2D eigenvalue weighted by molar-refractivity contribution is 0.207. The van der Waals surface area contributed by atoms with E-state index in [0.29, 0.717) is 5.54 Å². The van der Waals surface area contributed by atoms with Crippen LogP contribution < -0.4 is 11.1 Å². The van der Waals surface area contributed by atoms with Crippen molar-refractivity contribution in [2.75, 3.05) is 5.73 Å². The lowest BCUT2D eigenvalue weighted by Gasteiger charge is -2.39. The fourth-order valence-corrected chi connectivity index (χ4v) is 2.65. The first-order valence-corrected chi connectivity index (χ1v) is 6.68. The van der Waals surface area contributed by atoms with Crippen LogP contribution in [0.15, 0.2) is 36.4 Å². The van der Waals surface area contributed by atoms with E-state index in [1.807, 2.05) is 0 Å². The highest BCUT2D eigenvalue weighted by Crippen LogP contribution is 2.32. The predicted octanol–water partition coefficient (Wildman–Crippen LogP) is 3.45. The summed E-state index contributed by atoms with van der Waals surface area (Å²) < 4.78 is 0. The molecule has 2 heteroatoms. The summed E-state index contributed by atoms with van der Waals surface area (Å²) in [4.78, 5) is 0. The summed E-state index contributed by atoms with van der Waals surface area (Å²) in [6, 6.07) is 12.7. The van der Waals surface area contributed by atoms with Crippen LogP contribution in [-0.2, 0) is 6.54 Å². The molecule has 0 bridgehead atoms. The van der Waals surface area contributed by atoms with Crippen molar-refractivity contribution in [1.29, 1.82) is 0 Å². The smallest absolute Gasteiger partial charge is 0.0366 e. The summed E-state index contributed by atoms with van der Waals surface area (Å²) in [6.45, 7) is 3.17. The number of fused-ring (bicyclic) bond motifs is 1. The Morgan fingerprint density at radius 2 is 1.83 bits per heavy atom. The Kier molecular flexibility index (Phi) is 2.75. The number of nitrogen functional groups attached to an aromatic ring is 1. The monoisotopic (exact) mass is 240 g/mol. The van der Waals surface area contributed by atoms with Crippen molar-refractivity contribution >= 4 is 16.5 Å². The molecule has 2 aromatic rings. The third-order valence-electron chi connectivity index (χ3n) is 4.17. The average molecular weight is 240 g/mol. The lowest BCUT2D eigenvalue weighted by Crippen LogP contribution is -2.47. The van der Waals surface area contributed by atoms with Crippen molar-refractivity contribution in [2.24, 2.45) is 0 Å². The standard InChI is InChI=1S/C16H20N2/c1-16(7-4-8-16)18-11-14-9-12-5-2-3-6-13(12)10-15(14)17/h2-3,5-6,9-10,18H,4,7-8,11,17H2,1H3. The molecule has 0 unspecified atom stereocenters. The maximum absolute atomic E-state index is 6.14. The van der Waals surface area contributed by atoms with Crippen molar-refractivity contribution in [2.45, 2.75) is 38.3 Å². The van der Waals surface area contributed by atoms with Crippen LogP contribution in [0.1, 0.15) is 31.7 Å². The molecule has 0 amide bonds. The molecule has 1 aliphatic rings.